The molecule has 1 fully saturated rings. The molecule has 0 spiro atoms. The number of carbonyl (C=O) groups excluding carboxylic acids is 2. The molecule has 2 atom stereocenters. The van der Waals surface area contributed by atoms with Crippen molar-refractivity contribution in [2.45, 2.75) is 36.7 Å². The van der Waals surface area contributed by atoms with Crippen molar-refractivity contribution in [1.82, 2.24) is 4.98 Å². The number of ether oxygens (including phenoxy) is 2. The minimum absolute atomic E-state index is 0.203. The number of nitrogens with zero attached hydrogens (tertiary/aromatic N) is 2. The summed E-state index contributed by atoms with van der Waals surface area (Å²) in [6.45, 7) is 2.13. The van der Waals surface area contributed by atoms with E-state index in [-0.39, 0.29) is 6.10 Å². The summed E-state index contributed by atoms with van der Waals surface area (Å²) in [6, 6.07) is 9.09. The van der Waals surface area contributed by atoms with E-state index in [4.69, 9.17) is 9.47 Å². The van der Waals surface area contributed by atoms with Gasteiger partial charge in [0.2, 0.25) is 0 Å². The Morgan fingerprint density at radius 2 is 2.29 bits per heavy atom. The first kappa shape index (κ1) is 20.5. The zero-order chi connectivity index (χ0) is 19.9. The number of thiazole rings is 1. The summed E-state index contributed by atoms with van der Waals surface area (Å²) in [6.07, 6.45) is 2.30. The van der Waals surface area contributed by atoms with Crippen LogP contribution in [0.2, 0.25) is 0 Å². The maximum atomic E-state index is 12.5. The van der Waals surface area contributed by atoms with Gasteiger partial charge in [0.25, 0.3) is 0 Å². The zero-order valence-corrected chi connectivity index (χ0v) is 17.1. The maximum Gasteiger partial charge on any atom is 0.339 e. The molecule has 3 rings (SSSR count). The number of thioether (sulfide) groups is 1. The average Bonchev–Trinajstić information content (AvgIpc) is 3.37. The highest BCUT2D eigenvalue weighted by molar-refractivity contribution is 7.99. The molecule has 6 nitrogen and oxygen atoms in total. The Hall–Kier alpha value is -2.21. The van der Waals surface area contributed by atoms with E-state index in [2.05, 4.69) is 4.98 Å². The molecule has 28 heavy (non-hydrogen) atoms. The first-order valence-electron chi connectivity index (χ1n) is 8.93. The minimum Gasteiger partial charge on any atom is -0.454 e. The van der Waals surface area contributed by atoms with Crippen molar-refractivity contribution in [1.29, 1.82) is 5.26 Å². The molecule has 146 valence electrons. The second-order valence-corrected chi connectivity index (χ2v) is 8.33. The molecule has 1 aliphatic heterocycles. The Kier molecular flexibility index (Phi) is 7.20. The minimum atomic E-state index is -1.02. The van der Waals surface area contributed by atoms with Crippen LogP contribution in [0.15, 0.2) is 34.5 Å². The predicted molar refractivity (Wildman–Crippen MR) is 107 cm³/mol. The topological polar surface area (TPSA) is 89.3 Å². The summed E-state index contributed by atoms with van der Waals surface area (Å²) in [5.74, 6) is -1.30. The molecule has 0 aliphatic carbocycles. The van der Waals surface area contributed by atoms with Gasteiger partial charge < -0.3 is 9.47 Å². The van der Waals surface area contributed by atoms with Gasteiger partial charge in [-0.2, -0.15) is 5.26 Å². The smallest absolute Gasteiger partial charge is 0.339 e. The zero-order valence-electron chi connectivity index (χ0n) is 15.4. The molecule has 0 radical (unpaired) electrons. The fourth-order valence-corrected chi connectivity index (χ4v) is 4.76. The molecule has 0 saturated carbocycles. The molecule has 8 heteroatoms. The molecule has 2 aromatic rings. The van der Waals surface area contributed by atoms with Gasteiger partial charge in [-0.15, -0.1) is 23.1 Å². The molecule has 0 N–H and O–H groups in total. The SMILES string of the molecule is Cc1csc([C@@H](C#N)C(=O)COC(=O)c2ccccc2SC[C@H]2CCCO2)n1. The molecule has 1 aromatic heterocycles. The van der Waals surface area contributed by atoms with Gasteiger partial charge in [-0.25, -0.2) is 9.78 Å². The molecule has 1 saturated heterocycles. The van der Waals surface area contributed by atoms with Crippen LogP contribution in [0.4, 0.5) is 0 Å². The lowest BCUT2D eigenvalue weighted by molar-refractivity contribution is -0.122. The van der Waals surface area contributed by atoms with Gasteiger partial charge in [0.05, 0.1) is 17.7 Å². The molecule has 0 amide bonds. The van der Waals surface area contributed by atoms with E-state index in [9.17, 15) is 14.9 Å². The summed E-state index contributed by atoms with van der Waals surface area (Å²) in [5, 5.41) is 11.5. The number of esters is 1. The van der Waals surface area contributed by atoms with Crippen LogP contribution in [0.3, 0.4) is 0 Å². The first-order chi connectivity index (χ1) is 13.6. The van der Waals surface area contributed by atoms with Crippen molar-refractivity contribution in [2.24, 2.45) is 0 Å². The van der Waals surface area contributed by atoms with Gasteiger partial charge in [0, 0.05) is 28.3 Å². The largest absolute Gasteiger partial charge is 0.454 e. The average molecular weight is 417 g/mol. The first-order valence-corrected chi connectivity index (χ1v) is 10.8. The molecule has 0 bridgehead atoms. The number of hydrogen-bond donors (Lipinski definition) is 0. The summed E-state index contributed by atoms with van der Waals surface area (Å²) < 4.78 is 10.8. The van der Waals surface area contributed by atoms with Crippen molar-refractivity contribution in [2.75, 3.05) is 19.0 Å². The molecule has 0 unspecified atom stereocenters. The van der Waals surface area contributed by atoms with Crippen LogP contribution < -0.4 is 0 Å². The van der Waals surface area contributed by atoms with E-state index in [1.54, 1.807) is 36.2 Å². The van der Waals surface area contributed by atoms with Gasteiger partial charge in [0.1, 0.15) is 5.01 Å². The lowest BCUT2D eigenvalue weighted by atomic mass is 10.1. The summed E-state index contributed by atoms with van der Waals surface area (Å²) >= 11 is 2.80. The van der Waals surface area contributed by atoms with E-state index in [0.717, 1.165) is 35.8 Å². The lowest BCUT2D eigenvalue weighted by Gasteiger charge is -2.12. The van der Waals surface area contributed by atoms with Crippen molar-refractivity contribution >= 4 is 34.9 Å². The molecule has 2 heterocycles. The van der Waals surface area contributed by atoms with E-state index in [0.29, 0.717) is 10.6 Å². The second-order valence-electron chi connectivity index (χ2n) is 6.37. The van der Waals surface area contributed by atoms with E-state index in [1.165, 1.54) is 11.3 Å². The number of hydrogen-bond acceptors (Lipinski definition) is 8. The Balaban J connectivity index is 1.59. The van der Waals surface area contributed by atoms with Crippen LogP contribution in [-0.4, -0.2) is 41.8 Å². The fourth-order valence-electron chi connectivity index (χ4n) is 2.79. The lowest BCUT2D eigenvalue weighted by Crippen LogP contribution is -2.20. The van der Waals surface area contributed by atoms with Gasteiger partial charge in [-0.05, 0) is 31.9 Å². The van der Waals surface area contributed by atoms with Crippen molar-refractivity contribution in [3.63, 3.8) is 0 Å². The number of nitriles is 1. The van der Waals surface area contributed by atoms with Gasteiger partial charge in [-0.3, -0.25) is 4.79 Å². The van der Waals surface area contributed by atoms with E-state index >= 15 is 0 Å². The molecule has 1 aliphatic rings. The molecular formula is C20H20N2O4S2. The highest BCUT2D eigenvalue weighted by Crippen LogP contribution is 2.27. The summed E-state index contributed by atoms with van der Waals surface area (Å²) in [4.78, 5) is 29.8. The van der Waals surface area contributed by atoms with E-state index in [1.807, 2.05) is 18.2 Å². The summed E-state index contributed by atoms with van der Waals surface area (Å²) in [5.41, 5.74) is 1.17. The van der Waals surface area contributed by atoms with Crippen molar-refractivity contribution in [3.05, 3.63) is 45.9 Å². The fraction of sp³-hybridized carbons (Fsp3) is 0.400. The maximum absolute atomic E-state index is 12.5. The predicted octanol–water partition coefficient (Wildman–Crippen LogP) is 3.76. The summed E-state index contributed by atoms with van der Waals surface area (Å²) in [7, 11) is 0. The standard InChI is InChI=1S/C20H20N2O4S2/c1-13-11-28-19(22-13)16(9-21)17(23)10-26-20(24)15-6-2-3-7-18(15)27-12-14-5-4-8-25-14/h2-3,6-7,11,14,16H,4-5,8,10,12H2,1H3/t14-,16+/m1/s1. The van der Waals surface area contributed by atoms with Crippen molar-refractivity contribution < 1.29 is 19.1 Å². The number of rotatable bonds is 8. The molecule has 1 aromatic carbocycles. The third-order valence-electron chi connectivity index (χ3n) is 4.24. The third-order valence-corrected chi connectivity index (χ3v) is 6.47. The number of aromatic nitrogens is 1. The highest BCUT2D eigenvalue weighted by Gasteiger charge is 2.25. The van der Waals surface area contributed by atoms with Gasteiger partial charge in [0.15, 0.2) is 18.3 Å². The second kappa shape index (κ2) is 9.82. The Labute approximate surface area is 171 Å². The number of Topliss-reactive ketones (excluding diaryl/α,β-unsaturated/α-hetero) is 1. The normalized spacial score (nSPS) is 17.1. The number of benzene rings is 1. The van der Waals surface area contributed by atoms with Crippen LogP contribution in [0.1, 0.15) is 39.8 Å². The highest BCUT2D eigenvalue weighted by atomic mass is 32.2. The van der Waals surface area contributed by atoms with Gasteiger partial charge in [-0.1, -0.05) is 12.1 Å². The van der Waals surface area contributed by atoms with Crippen LogP contribution in [0.5, 0.6) is 0 Å². The number of carbonyl (C=O) groups is 2. The van der Waals surface area contributed by atoms with Gasteiger partial charge >= 0.3 is 5.97 Å². The number of ketones is 1. The Bertz CT molecular complexity index is 884. The van der Waals surface area contributed by atoms with E-state index < -0.39 is 24.3 Å². The quantitative estimate of drug-likeness (QED) is 0.478. The Morgan fingerprint density at radius 3 is 2.96 bits per heavy atom. The van der Waals surface area contributed by atoms with Crippen LogP contribution >= 0.6 is 23.1 Å². The van der Waals surface area contributed by atoms with Crippen LogP contribution in [0.25, 0.3) is 0 Å². The molecular weight excluding hydrogens is 396 g/mol. The van der Waals surface area contributed by atoms with Crippen LogP contribution in [-0.2, 0) is 14.3 Å². The Morgan fingerprint density at radius 1 is 1.46 bits per heavy atom. The third kappa shape index (κ3) is 5.19. The van der Waals surface area contributed by atoms with Crippen LogP contribution in [0, 0.1) is 18.3 Å². The monoisotopic (exact) mass is 416 g/mol. The number of aryl methyl sites for hydroxylation is 1. The van der Waals surface area contributed by atoms with Crippen molar-refractivity contribution in [3.8, 4) is 6.07 Å².